The standard InChI is InChI=1S/C27H27ClO4/c1-2-3-4-5-6-7-19-8-10-20(11-9-19)21-12-14-22(15-13-21)27(31)32-23-16-17-24(26(29)30)25(28)18-23/h8-18H,2-7H2,1H3,(H,29,30). The molecule has 4 nitrogen and oxygen atoms in total. The minimum Gasteiger partial charge on any atom is -0.478 e. The highest BCUT2D eigenvalue weighted by molar-refractivity contribution is 6.33. The van der Waals surface area contributed by atoms with Crippen molar-refractivity contribution in [2.75, 3.05) is 0 Å². The number of ether oxygens (including phenoxy) is 1. The molecule has 0 radical (unpaired) electrons. The highest BCUT2D eigenvalue weighted by Gasteiger charge is 2.13. The van der Waals surface area contributed by atoms with Gasteiger partial charge in [-0.15, -0.1) is 0 Å². The van der Waals surface area contributed by atoms with Crippen LogP contribution in [0, 0.1) is 0 Å². The summed E-state index contributed by atoms with van der Waals surface area (Å²) < 4.78 is 5.32. The molecule has 5 heteroatoms. The molecular formula is C27H27ClO4. The molecule has 0 fully saturated rings. The molecule has 0 aliphatic rings. The molecule has 0 saturated heterocycles. The van der Waals surface area contributed by atoms with E-state index in [2.05, 4.69) is 31.2 Å². The van der Waals surface area contributed by atoms with E-state index in [1.807, 2.05) is 12.1 Å². The van der Waals surface area contributed by atoms with E-state index < -0.39 is 11.9 Å². The van der Waals surface area contributed by atoms with E-state index in [9.17, 15) is 9.59 Å². The average Bonchev–Trinajstić information content (AvgIpc) is 2.79. The lowest BCUT2D eigenvalue weighted by atomic mass is 10.00. The molecule has 3 aromatic rings. The Bertz CT molecular complexity index is 1060. The van der Waals surface area contributed by atoms with Crippen LogP contribution in [0.4, 0.5) is 0 Å². The van der Waals surface area contributed by atoms with Gasteiger partial charge in [0.2, 0.25) is 0 Å². The highest BCUT2D eigenvalue weighted by Crippen LogP contribution is 2.25. The fourth-order valence-electron chi connectivity index (χ4n) is 3.49. The van der Waals surface area contributed by atoms with Gasteiger partial charge in [-0.25, -0.2) is 9.59 Å². The van der Waals surface area contributed by atoms with Gasteiger partial charge in [0.05, 0.1) is 16.1 Å². The molecule has 0 atom stereocenters. The number of rotatable bonds is 10. The second kappa shape index (κ2) is 11.5. The van der Waals surface area contributed by atoms with Crippen LogP contribution in [0.3, 0.4) is 0 Å². The maximum absolute atomic E-state index is 12.4. The van der Waals surface area contributed by atoms with Crippen molar-refractivity contribution in [2.24, 2.45) is 0 Å². The fourth-order valence-corrected chi connectivity index (χ4v) is 3.75. The lowest BCUT2D eigenvalue weighted by Crippen LogP contribution is -2.08. The Balaban J connectivity index is 1.59. The number of aryl methyl sites for hydroxylation is 1. The number of halogens is 1. The number of hydrogen-bond donors (Lipinski definition) is 1. The summed E-state index contributed by atoms with van der Waals surface area (Å²) in [5.74, 6) is -1.48. The highest BCUT2D eigenvalue weighted by atomic mass is 35.5. The molecule has 166 valence electrons. The third kappa shape index (κ3) is 6.44. The largest absolute Gasteiger partial charge is 0.478 e. The van der Waals surface area contributed by atoms with Crippen LogP contribution in [0.5, 0.6) is 5.75 Å². The average molecular weight is 451 g/mol. The van der Waals surface area contributed by atoms with Crippen molar-refractivity contribution in [3.05, 3.63) is 88.4 Å². The van der Waals surface area contributed by atoms with Gasteiger partial charge >= 0.3 is 11.9 Å². The zero-order valence-electron chi connectivity index (χ0n) is 18.1. The molecule has 0 saturated carbocycles. The molecule has 3 rings (SSSR count). The van der Waals surface area contributed by atoms with Crippen molar-refractivity contribution < 1.29 is 19.4 Å². The Kier molecular flexibility index (Phi) is 8.46. The second-order valence-electron chi connectivity index (χ2n) is 7.77. The first-order valence-corrected chi connectivity index (χ1v) is 11.3. The van der Waals surface area contributed by atoms with Gasteiger partial charge in [-0.05, 0) is 53.8 Å². The minimum atomic E-state index is -1.14. The summed E-state index contributed by atoms with van der Waals surface area (Å²) in [6, 6.07) is 19.8. The molecule has 0 unspecified atom stereocenters. The number of carboxylic acids is 1. The topological polar surface area (TPSA) is 63.6 Å². The molecule has 32 heavy (non-hydrogen) atoms. The van der Waals surface area contributed by atoms with Gasteiger partial charge in [0.1, 0.15) is 5.75 Å². The molecule has 0 bridgehead atoms. The minimum absolute atomic E-state index is 0.0163. The van der Waals surface area contributed by atoms with E-state index in [0.29, 0.717) is 5.56 Å². The van der Waals surface area contributed by atoms with Crippen LogP contribution >= 0.6 is 11.6 Å². The molecule has 0 aliphatic heterocycles. The Hall–Kier alpha value is -3.11. The number of esters is 1. The molecule has 0 heterocycles. The first-order valence-electron chi connectivity index (χ1n) is 10.9. The van der Waals surface area contributed by atoms with Gasteiger partial charge in [-0.2, -0.15) is 0 Å². The number of aromatic carboxylic acids is 1. The van der Waals surface area contributed by atoms with Crippen molar-refractivity contribution in [3.63, 3.8) is 0 Å². The van der Waals surface area contributed by atoms with E-state index in [0.717, 1.165) is 17.5 Å². The lowest BCUT2D eigenvalue weighted by Gasteiger charge is -2.08. The molecule has 0 aliphatic carbocycles. The van der Waals surface area contributed by atoms with Gasteiger partial charge in [-0.1, -0.05) is 80.6 Å². The number of carbonyl (C=O) groups is 2. The van der Waals surface area contributed by atoms with Gasteiger partial charge in [0.15, 0.2) is 0 Å². The van der Waals surface area contributed by atoms with E-state index in [-0.39, 0.29) is 16.3 Å². The summed E-state index contributed by atoms with van der Waals surface area (Å²) in [5.41, 5.74) is 3.81. The second-order valence-corrected chi connectivity index (χ2v) is 8.18. The smallest absolute Gasteiger partial charge is 0.343 e. The Morgan fingerprint density at radius 2 is 1.47 bits per heavy atom. The van der Waals surface area contributed by atoms with Gasteiger partial charge in [-0.3, -0.25) is 0 Å². The van der Waals surface area contributed by atoms with E-state index in [1.54, 1.807) is 12.1 Å². The first kappa shape index (κ1) is 23.6. The number of benzene rings is 3. The molecule has 0 spiro atoms. The maximum atomic E-state index is 12.4. The molecule has 3 aromatic carbocycles. The van der Waals surface area contributed by atoms with Crippen LogP contribution in [0.25, 0.3) is 11.1 Å². The lowest BCUT2D eigenvalue weighted by molar-refractivity contribution is 0.0696. The summed E-state index contributed by atoms with van der Waals surface area (Å²) in [7, 11) is 0. The van der Waals surface area contributed by atoms with Crippen LogP contribution in [-0.4, -0.2) is 17.0 Å². The number of hydrogen-bond acceptors (Lipinski definition) is 3. The van der Waals surface area contributed by atoms with Crippen LogP contribution < -0.4 is 4.74 Å². The van der Waals surface area contributed by atoms with Crippen molar-refractivity contribution in [1.82, 2.24) is 0 Å². The van der Waals surface area contributed by atoms with Crippen LogP contribution in [0.1, 0.15) is 65.3 Å². The predicted octanol–water partition coefficient (Wildman–Crippen LogP) is 7.44. The van der Waals surface area contributed by atoms with Crippen molar-refractivity contribution in [2.45, 2.75) is 45.4 Å². The zero-order valence-corrected chi connectivity index (χ0v) is 18.9. The van der Waals surface area contributed by atoms with E-state index >= 15 is 0 Å². The summed E-state index contributed by atoms with van der Waals surface area (Å²) >= 11 is 5.93. The van der Waals surface area contributed by atoms with Crippen molar-refractivity contribution in [1.29, 1.82) is 0 Å². The Morgan fingerprint density at radius 1 is 0.844 bits per heavy atom. The summed E-state index contributed by atoms with van der Waals surface area (Å²) in [6.45, 7) is 2.23. The third-order valence-corrected chi connectivity index (χ3v) is 5.67. The van der Waals surface area contributed by atoms with Crippen LogP contribution in [-0.2, 0) is 6.42 Å². The van der Waals surface area contributed by atoms with E-state index in [4.69, 9.17) is 21.4 Å². The summed E-state index contributed by atoms with van der Waals surface area (Å²) in [5, 5.41) is 9.04. The SMILES string of the molecule is CCCCCCCc1ccc(-c2ccc(C(=O)Oc3ccc(C(=O)O)c(Cl)c3)cc2)cc1. The van der Waals surface area contributed by atoms with Gasteiger partial charge < -0.3 is 9.84 Å². The van der Waals surface area contributed by atoms with Crippen molar-refractivity contribution >= 4 is 23.5 Å². The Labute approximate surface area is 193 Å². The summed E-state index contributed by atoms with van der Waals surface area (Å²) in [6.07, 6.45) is 7.49. The molecular weight excluding hydrogens is 424 g/mol. The van der Waals surface area contributed by atoms with Crippen molar-refractivity contribution in [3.8, 4) is 16.9 Å². The van der Waals surface area contributed by atoms with Crippen LogP contribution in [0.15, 0.2) is 66.7 Å². The molecule has 0 amide bonds. The third-order valence-electron chi connectivity index (χ3n) is 5.36. The van der Waals surface area contributed by atoms with E-state index in [1.165, 1.54) is 55.9 Å². The molecule has 0 aromatic heterocycles. The normalized spacial score (nSPS) is 10.7. The van der Waals surface area contributed by atoms with Gasteiger partial charge in [0.25, 0.3) is 0 Å². The zero-order chi connectivity index (χ0) is 22.9. The predicted molar refractivity (Wildman–Crippen MR) is 128 cm³/mol. The quantitative estimate of drug-likeness (QED) is 0.198. The molecule has 1 N–H and O–H groups in total. The monoisotopic (exact) mass is 450 g/mol. The number of carbonyl (C=O) groups excluding carboxylic acids is 1. The fraction of sp³-hybridized carbons (Fsp3) is 0.259. The van der Waals surface area contributed by atoms with Gasteiger partial charge in [0, 0.05) is 6.07 Å². The number of carboxylic acid groups (broad SMARTS) is 1. The maximum Gasteiger partial charge on any atom is 0.343 e. The number of unbranched alkanes of at least 4 members (excludes halogenated alkanes) is 4. The van der Waals surface area contributed by atoms with Crippen LogP contribution in [0.2, 0.25) is 5.02 Å². The first-order chi connectivity index (χ1) is 15.5. The summed E-state index contributed by atoms with van der Waals surface area (Å²) in [4.78, 5) is 23.5. The Morgan fingerprint density at radius 3 is 2.06 bits per heavy atom.